The van der Waals surface area contributed by atoms with Crippen LogP contribution in [0.5, 0.6) is 11.5 Å². The van der Waals surface area contributed by atoms with E-state index in [1.54, 1.807) is 54.5 Å². The molecule has 2 aromatic carbocycles. The summed E-state index contributed by atoms with van der Waals surface area (Å²) < 4.78 is 18.1. The highest BCUT2D eigenvalue weighted by Gasteiger charge is 2.31. The number of amides is 3. The lowest BCUT2D eigenvalue weighted by Crippen LogP contribution is -2.47. The predicted molar refractivity (Wildman–Crippen MR) is 187 cm³/mol. The van der Waals surface area contributed by atoms with Gasteiger partial charge in [0.25, 0.3) is 5.91 Å². The summed E-state index contributed by atoms with van der Waals surface area (Å²) in [4.78, 5) is 31.4. The summed E-state index contributed by atoms with van der Waals surface area (Å²) in [6.07, 6.45) is 9.08. The Balaban J connectivity index is 1.55. The Morgan fingerprint density at radius 3 is 2.38 bits per heavy atom. The van der Waals surface area contributed by atoms with Crippen molar-refractivity contribution < 1.29 is 28.9 Å². The molecule has 1 heterocycles. The lowest BCUT2D eigenvalue weighted by Gasteiger charge is -2.36. The third-order valence-corrected chi connectivity index (χ3v) is 9.44. The molecule has 2 aliphatic rings. The summed E-state index contributed by atoms with van der Waals surface area (Å²) in [6.45, 7) is 8.74. The minimum Gasteiger partial charge on any atom is -0.497 e. The van der Waals surface area contributed by atoms with Crippen LogP contribution in [0, 0.1) is 11.8 Å². The Morgan fingerprint density at radius 1 is 1.00 bits per heavy atom. The zero-order chi connectivity index (χ0) is 33.8. The van der Waals surface area contributed by atoms with Crippen LogP contribution in [0.15, 0.2) is 42.5 Å². The Hall–Kier alpha value is -3.34. The van der Waals surface area contributed by atoms with Crippen molar-refractivity contribution in [2.24, 2.45) is 11.8 Å². The lowest BCUT2D eigenvalue weighted by atomic mass is 9.89. The number of ether oxygens (including phenoxy) is 3. The van der Waals surface area contributed by atoms with E-state index < -0.39 is 12.1 Å². The van der Waals surface area contributed by atoms with E-state index in [-0.39, 0.29) is 30.6 Å². The van der Waals surface area contributed by atoms with E-state index in [9.17, 15) is 14.7 Å². The molecule has 3 amide bonds. The molecule has 260 valence electrons. The van der Waals surface area contributed by atoms with E-state index in [0.717, 1.165) is 38.3 Å². The average Bonchev–Trinajstić information content (AvgIpc) is 3.06. The van der Waals surface area contributed by atoms with Crippen molar-refractivity contribution in [1.82, 2.24) is 9.80 Å². The van der Waals surface area contributed by atoms with E-state index in [1.165, 1.54) is 32.1 Å². The van der Waals surface area contributed by atoms with Gasteiger partial charge in [-0.3, -0.25) is 4.79 Å². The van der Waals surface area contributed by atoms with Crippen LogP contribution < -0.4 is 20.1 Å². The predicted octanol–water partition coefficient (Wildman–Crippen LogP) is 6.65. The number of carbonyl (C=O) groups excluding carboxylic acids is 2. The summed E-state index contributed by atoms with van der Waals surface area (Å²) in [5.74, 6) is 1.64. The molecule has 0 radical (unpaired) electrons. The number of urea groups is 1. The van der Waals surface area contributed by atoms with Gasteiger partial charge in [-0.05, 0) is 101 Å². The molecule has 0 bridgehead atoms. The highest BCUT2D eigenvalue weighted by Crippen LogP contribution is 2.29. The Morgan fingerprint density at radius 2 is 1.68 bits per heavy atom. The molecule has 1 saturated carbocycles. The molecule has 0 unspecified atom stereocenters. The molecular weight excluding hydrogens is 596 g/mol. The first-order chi connectivity index (χ1) is 22.7. The summed E-state index contributed by atoms with van der Waals surface area (Å²) in [5.41, 5.74) is 1.40. The van der Waals surface area contributed by atoms with Gasteiger partial charge in [0, 0.05) is 43.5 Å². The largest absolute Gasteiger partial charge is 0.497 e. The fourth-order valence-electron chi connectivity index (χ4n) is 6.62. The first kappa shape index (κ1) is 36.5. The molecule has 1 aliphatic carbocycles. The van der Waals surface area contributed by atoms with Crippen LogP contribution in [0.4, 0.5) is 16.2 Å². The van der Waals surface area contributed by atoms with Gasteiger partial charge >= 0.3 is 6.03 Å². The first-order valence-corrected chi connectivity index (χ1v) is 17.4. The first-order valence-electron chi connectivity index (χ1n) is 17.4. The number of rotatable bonds is 9. The third kappa shape index (κ3) is 11.1. The number of benzene rings is 2. The summed E-state index contributed by atoms with van der Waals surface area (Å²) in [5, 5.41) is 15.9. The van der Waals surface area contributed by atoms with Gasteiger partial charge in [0.2, 0.25) is 0 Å². The van der Waals surface area contributed by atoms with E-state index in [2.05, 4.69) is 29.5 Å². The minimum absolute atomic E-state index is 0.0181. The molecule has 2 aromatic rings. The van der Waals surface area contributed by atoms with Crippen molar-refractivity contribution in [1.29, 1.82) is 0 Å². The second-order valence-electron chi connectivity index (χ2n) is 13.5. The van der Waals surface area contributed by atoms with Crippen LogP contribution in [0.2, 0.25) is 0 Å². The number of aliphatic hydroxyl groups excluding tert-OH is 1. The highest BCUT2D eigenvalue weighted by atomic mass is 16.5. The van der Waals surface area contributed by atoms with Gasteiger partial charge in [-0.15, -0.1) is 0 Å². The zero-order valence-electron chi connectivity index (χ0n) is 29.0. The van der Waals surface area contributed by atoms with Crippen LogP contribution in [0.1, 0.15) is 82.5 Å². The average molecular weight is 653 g/mol. The maximum atomic E-state index is 14.4. The molecular formula is C37H56N4O6. The van der Waals surface area contributed by atoms with Gasteiger partial charge in [0.15, 0.2) is 0 Å². The number of hydrogen-bond acceptors (Lipinski definition) is 7. The van der Waals surface area contributed by atoms with Crippen LogP contribution in [-0.2, 0) is 4.74 Å². The molecule has 47 heavy (non-hydrogen) atoms. The second-order valence-corrected chi connectivity index (χ2v) is 13.5. The number of methoxy groups -OCH3 is 1. The fraction of sp³-hybridized carbons (Fsp3) is 0.622. The van der Waals surface area contributed by atoms with Crippen molar-refractivity contribution in [3.8, 4) is 11.5 Å². The molecule has 0 spiro atoms. The molecule has 4 rings (SSSR count). The number of aliphatic hydroxyl groups is 1. The maximum Gasteiger partial charge on any atom is 0.323 e. The van der Waals surface area contributed by atoms with Crippen molar-refractivity contribution in [3.05, 3.63) is 48.0 Å². The number of nitrogens with zero attached hydrogens (tertiary/aromatic N) is 2. The van der Waals surface area contributed by atoms with Gasteiger partial charge < -0.3 is 39.8 Å². The molecule has 10 nitrogen and oxygen atoms in total. The Bertz CT molecular complexity index is 1270. The highest BCUT2D eigenvalue weighted by molar-refractivity contribution is 6.02. The normalized spacial score (nSPS) is 22.5. The van der Waals surface area contributed by atoms with Crippen LogP contribution in [0.25, 0.3) is 0 Å². The summed E-state index contributed by atoms with van der Waals surface area (Å²) >= 11 is 0. The topological polar surface area (TPSA) is 113 Å². The van der Waals surface area contributed by atoms with E-state index >= 15 is 0 Å². The minimum atomic E-state index is -0.440. The zero-order valence-corrected chi connectivity index (χ0v) is 29.0. The van der Waals surface area contributed by atoms with Crippen molar-refractivity contribution in [2.45, 2.75) is 90.4 Å². The molecule has 1 fully saturated rings. The number of carbonyl (C=O) groups is 2. The Kier molecular flexibility index (Phi) is 14.2. The SMILES string of the molecule is COc1ccc(NC(=O)Nc2ccc3c(c2)C(=O)N([C@H](C)CO)C[C@@H](C)[C@@H](CN(C)CC2CCCCC2)OCCCC[C@H](C)O3)cc1. The van der Waals surface area contributed by atoms with Gasteiger partial charge in [-0.25, -0.2) is 4.79 Å². The van der Waals surface area contributed by atoms with Gasteiger partial charge in [-0.2, -0.15) is 0 Å². The Labute approximate surface area is 281 Å². The number of fused-ring (bicyclic) bond motifs is 1. The second kappa shape index (κ2) is 18.3. The lowest BCUT2D eigenvalue weighted by molar-refractivity contribution is -0.0190. The van der Waals surface area contributed by atoms with Crippen LogP contribution in [0.3, 0.4) is 0 Å². The van der Waals surface area contributed by atoms with Crippen LogP contribution in [-0.4, -0.2) is 92.1 Å². The molecule has 1 aliphatic heterocycles. The molecule has 4 atom stereocenters. The fourth-order valence-corrected chi connectivity index (χ4v) is 6.62. The molecule has 0 saturated heterocycles. The van der Waals surface area contributed by atoms with E-state index in [4.69, 9.17) is 14.2 Å². The van der Waals surface area contributed by atoms with Gasteiger partial charge in [0.1, 0.15) is 11.5 Å². The standard InChI is InChI=1S/C37H56N4O6/c1-26-22-41(27(2)25-42)36(43)33-21-31(39-37(44)38-30-14-17-32(45-5)18-15-30)16-19-34(33)47-28(3)11-9-10-20-46-35(26)24-40(4)23-29-12-7-6-8-13-29/h14-19,21,26-29,35,42H,6-13,20,22-25H2,1-5H3,(H2,38,39,44)/t26-,27-,28+,35-/m1/s1. The summed E-state index contributed by atoms with van der Waals surface area (Å²) in [7, 11) is 3.77. The molecule has 10 heteroatoms. The van der Waals surface area contributed by atoms with Crippen molar-refractivity contribution >= 4 is 23.3 Å². The van der Waals surface area contributed by atoms with Gasteiger partial charge in [0.05, 0.1) is 37.5 Å². The van der Waals surface area contributed by atoms with E-state index in [0.29, 0.717) is 41.6 Å². The number of likely N-dealkylation sites (N-methyl/N-ethyl adjacent to an activating group) is 1. The van der Waals surface area contributed by atoms with Crippen molar-refractivity contribution in [3.63, 3.8) is 0 Å². The molecule has 3 N–H and O–H groups in total. The van der Waals surface area contributed by atoms with Crippen LogP contribution >= 0.6 is 0 Å². The van der Waals surface area contributed by atoms with Crippen molar-refractivity contribution in [2.75, 3.05) is 57.6 Å². The monoisotopic (exact) mass is 652 g/mol. The maximum absolute atomic E-state index is 14.4. The van der Waals surface area contributed by atoms with E-state index in [1.807, 2.05) is 13.8 Å². The van der Waals surface area contributed by atoms with Gasteiger partial charge in [-0.1, -0.05) is 26.2 Å². The number of nitrogens with one attached hydrogen (secondary N) is 2. The smallest absolute Gasteiger partial charge is 0.323 e. The molecule has 0 aromatic heterocycles. The number of hydrogen-bond donors (Lipinski definition) is 3. The number of anilines is 2. The summed E-state index contributed by atoms with van der Waals surface area (Å²) in [6, 6.07) is 11.3. The third-order valence-electron chi connectivity index (χ3n) is 9.44. The quantitative estimate of drug-likeness (QED) is 0.278.